The number of carbonyl (C=O) groups excluding carboxylic acids is 2. The van der Waals surface area contributed by atoms with Crippen molar-refractivity contribution in [2.24, 2.45) is 0 Å². The number of anilines is 1. The number of halogens is 1. The summed E-state index contributed by atoms with van der Waals surface area (Å²) < 4.78 is 4.56. The summed E-state index contributed by atoms with van der Waals surface area (Å²) in [6.45, 7) is 1.85. The van der Waals surface area contributed by atoms with E-state index in [1.807, 2.05) is 13.0 Å². The van der Waals surface area contributed by atoms with E-state index in [1.54, 1.807) is 12.1 Å². The predicted molar refractivity (Wildman–Crippen MR) is 83.3 cm³/mol. The molecule has 0 spiro atoms. The lowest BCUT2D eigenvalue weighted by Crippen LogP contribution is -2.17. The summed E-state index contributed by atoms with van der Waals surface area (Å²) in [4.78, 5) is 22.9. The van der Waals surface area contributed by atoms with Gasteiger partial charge in [0.2, 0.25) is 5.91 Å². The summed E-state index contributed by atoms with van der Waals surface area (Å²) in [5, 5.41) is 11.7. The van der Waals surface area contributed by atoms with E-state index < -0.39 is 0 Å². The van der Waals surface area contributed by atoms with Crippen LogP contribution in [0.2, 0.25) is 5.02 Å². The van der Waals surface area contributed by atoms with E-state index in [0.717, 1.165) is 0 Å². The fourth-order valence-electron chi connectivity index (χ4n) is 1.48. The Morgan fingerprint density at radius 2 is 2.24 bits per heavy atom. The van der Waals surface area contributed by atoms with Crippen molar-refractivity contribution in [1.82, 2.24) is 0 Å². The van der Waals surface area contributed by atoms with Gasteiger partial charge in [0.25, 0.3) is 0 Å². The van der Waals surface area contributed by atoms with E-state index in [4.69, 9.17) is 16.9 Å². The Bertz CT molecular complexity index is 572. The summed E-state index contributed by atoms with van der Waals surface area (Å²) in [6.07, 6.45) is 0.261. The van der Waals surface area contributed by atoms with Gasteiger partial charge in [0.1, 0.15) is 6.07 Å². The van der Waals surface area contributed by atoms with Crippen molar-refractivity contribution in [1.29, 1.82) is 5.26 Å². The number of ether oxygens (including phenoxy) is 1. The molecule has 1 unspecified atom stereocenters. The lowest BCUT2D eigenvalue weighted by molar-refractivity contribution is -0.140. The third kappa shape index (κ3) is 6.06. The van der Waals surface area contributed by atoms with Gasteiger partial charge in [-0.1, -0.05) is 18.5 Å². The average Bonchev–Trinajstić information content (AvgIpc) is 2.45. The van der Waals surface area contributed by atoms with Crippen LogP contribution in [0.5, 0.6) is 0 Å². The molecular weight excluding hydrogens is 312 g/mol. The standard InChI is InChI=1S/C14H15ClN2O3S/c1-9(5-14(19)20-2)21-8-13(18)17-11-4-3-10(7-16)12(15)6-11/h3-4,6,9H,5,8H2,1-2H3,(H,17,18). The van der Waals surface area contributed by atoms with Crippen LogP contribution >= 0.6 is 23.4 Å². The molecule has 112 valence electrons. The van der Waals surface area contributed by atoms with Gasteiger partial charge in [-0.15, -0.1) is 11.8 Å². The maximum atomic E-state index is 11.8. The molecule has 0 aromatic heterocycles. The molecule has 1 N–H and O–H groups in total. The molecule has 0 heterocycles. The second kappa shape index (κ2) is 8.55. The molecule has 21 heavy (non-hydrogen) atoms. The Morgan fingerprint density at radius 1 is 1.52 bits per heavy atom. The average molecular weight is 327 g/mol. The molecule has 1 aromatic carbocycles. The molecule has 0 aliphatic carbocycles. The first-order valence-corrected chi connectivity index (χ1v) is 7.57. The fourth-order valence-corrected chi connectivity index (χ4v) is 2.46. The second-order valence-electron chi connectivity index (χ2n) is 4.26. The zero-order chi connectivity index (χ0) is 15.8. The normalized spacial score (nSPS) is 11.3. The number of carbonyl (C=O) groups is 2. The number of nitriles is 1. The van der Waals surface area contributed by atoms with Gasteiger partial charge in [0.15, 0.2) is 0 Å². The number of thioether (sulfide) groups is 1. The zero-order valence-electron chi connectivity index (χ0n) is 11.7. The van der Waals surface area contributed by atoms with Crippen molar-refractivity contribution in [2.45, 2.75) is 18.6 Å². The van der Waals surface area contributed by atoms with Gasteiger partial charge in [-0.3, -0.25) is 9.59 Å². The number of hydrogen-bond acceptors (Lipinski definition) is 5. The van der Waals surface area contributed by atoms with Crippen molar-refractivity contribution in [3.05, 3.63) is 28.8 Å². The summed E-state index contributed by atoms with van der Waals surface area (Å²) in [6, 6.07) is 6.64. The quantitative estimate of drug-likeness (QED) is 0.813. The first kappa shape index (κ1) is 17.3. The van der Waals surface area contributed by atoms with E-state index in [1.165, 1.54) is 24.9 Å². The highest BCUT2D eigenvalue weighted by Gasteiger charge is 2.12. The molecule has 1 rings (SSSR count). The first-order valence-electron chi connectivity index (χ1n) is 6.14. The van der Waals surface area contributed by atoms with E-state index in [0.29, 0.717) is 16.3 Å². The van der Waals surface area contributed by atoms with Crippen LogP contribution in [0.3, 0.4) is 0 Å². The Kier molecular flexibility index (Phi) is 7.06. The fraction of sp³-hybridized carbons (Fsp3) is 0.357. The summed E-state index contributed by atoms with van der Waals surface area (Å²) >= 11 is 7.24. The monoisotopic (exact) mass is 326 g/mol. The third-order valence-electron chi connectivity index (χ3n) is 2.55. The van der Waals surface area contributed by atoms with Crippen LogP contribution in [0.15, 0.2) is 18.2 Å². The zero-order valence-corrected chi connectivity index (χ0v) is 13.3. The maximum absolute atomic E-state index is 11.8. The Balaban J connectivity index is 2.45. The lowest BCUT2D eigenvalue weighted by Gasteiger charge is -2.10. The van der Waals surface area contributed by atoms with Crippen LogP contribution < -0.4 is 5.32 Å². The van der Waals surface area contributed by atoms with E-state index >= 15 is 0 Å². The SMILES string of the molecule is COC(=O)CC(C)SCC(=O)Nc1ccc(C#N)c(Cl)c1. The molecule has 0 aliphatic rings. The second-order valence-corrected chi connectivity index (χ2v) is 6.09. The highest BCUT2D eigenvalue weighted by molar-refractivity contribution is 8.00. The molecule has 5 nitrogen and oxygen atoms in total. The van der Waals surface area contributed by atoms with E-state index in [2.05, 4.69) is 10.1 Å². The molecular formula is C14H15ClN2O3S. The number of hydrogen-bond donors (Lipinski definition) is 1. The van der Waals surface area contributed by atoms with Crippen LogP contribution in [0, 0.1) is 11.3 Å². The minimum atomic E-state index is -0.297. The number of nitrogens with one attached hydrogen (secondary N) is 1. The molecule has 0 radical (unpaired) electrons. The van der Waals surface area contributed by atoms with E-state index in [9.17, 15) is 9.59 Å². The highest BCUT2D eigenvalue weighted by Crippen LogP contribution is 2.21. The molecule has 1 atom stereocenters. The van der Waals surface area contributed by atoms with Crippen molar-refractivity contribution in [3.8, 4) is 6.07 Å². The van der Waals surface area contributed by atoms with Gasteiger partial charge in [-0.05, 0) is 18.2 Å². The lowest BCUT2D eigenvalue weighted by atomic mass is 10.2. The third-order valence-corrected chi connectivity index (χ3v) is 4.03. The smallest absolute Gasteiger partial charge is 0.306 e. The van der Waals surface area contributed by atoms with Gasteiger partial charge in [-0.25, -0.2) is 0 Å². The highest BCUT2D eigenvalue weighted by atomic mass is 35.5. The number of methoxy groups -OCH3 is 1. The van der Waals surface area contributed by atoms with Crippen LogP contribution in [0.25, 0.3) is 0 Å². The van der Waals surface area contributed by atoms with Crippen LogP contribution in [0.4, 0.5) is 5.69 Å². The van der Waals surface area contributed by atoms with Gasteiger partial charge in [0, 0.05) is 10.9 Å². The molecule has 0 saturated heterocycles. The van der Waals surface area contributed by atoms with Gasteiger partial charge < -0.3 is 10.1 Å². The molecule has 0 aliphatic heterocycles. The predicted octanol–water partition coefficient (Wildman–Crippen LogP) is 2.83. The maximum Gasteiger partial charge on any atom is 0.306 e. The number of benzene rings is 1. The van der Waals surface area contributed by atoms with Gasteiger partial charge in [0.05, 0.1) is 29.9 Å². The topological polar surface area (TPSA) is 79.2 Å². The van der Waals surface area contributed by atoms with Crippen molar-refractivity contribution in [3.63, 3.8) is 0 Å². The molecule has 1 aromatic rings. The summed E-state index contributed by atoms with van der Waals surface area (Å²) in [5.74, 6) is -0.276. The molecule has 0 saturated carbocycles. The molecule has 1 amide bonds. The van der Waals surface area contributed by atoms with Crippen LogP contribution in [-0.4, -0.2) is 30.0 Å². The minimum Gasteiger partial charge on any atom is -0.469 e. The van der Waals surface area contributed by atoms with E-state index in [-0.39, 0.29) is 29.3 Å². The van der Waals surface area contributed by atoms with Crippen LogP contribution in [0.1, 0.15) is 18.9 Å². The van der Waals surface area contributed by atoms with Gasteiger partial charge in [-0.2, -0.15) is 5.26 Å². The van der Waals surface area contributed by atoms with Crippen LogP contribution in [-0.2, 0) is 14.3 Å². The molecule has 7 heteroatoms. The molecule has 0 fully saturated rings. The number of esters is 1. The Morgan fingerprint density at radius 3 is 2.81 bits per heavy atom. The van der Waals surface area contributed by atoms with Crippen molar-refractivity contribution < 1.29 is 14.3 Å². The molecule has 0 bridgehead atoms. The summed E-state index contributed by atoms with van der Waals surface area (Å²) in [5.41, 5.74) is 0.890. The number of rotatable bonds is 6. The minimum absolute atomic E-state index is 0.00671. The van der Waals surface area contributed by atoms with Gasteiger partial charge >= 0.3 is 5.97 Å². The number of amides is 1. The van der Waals surface area contributed by atoms with Crippen molar-refractivity contribution in [2.75, 3.05) is 18.2 Å². The largest absolute Gasteiger partial charge is 0.469 e. The number of nitrogens with zero attached hydrogens (tertiary/aromatic N) is 1. The first-order chi connectivity index (χ1) is 9.96. The summed E-state index contributed by atoms with van der Waals surface area (Å²) in [7, 11) is 1.33. The Hall–Kier alpha value is -1.71. The Labute approximate surface area is 132 Å². The van der Waals surface area contributed by atoms with Crippen molar-refractivity contribution >= 4 is 40.9 Å².